The van der Waals surface area contributed by atoms with Gasteiger partial charge in [0.1, 0.15) is 10.6 Å². The van der Waals surface area contributed by atoms with Gasteiger partial charge in [0.15, 0.2) is 0 Å². The van der Waals surface area contributed by atoms with Gasteiger partial charge < -0.3 is 10.1 Å². The molecular formula is C13H20BrClN2O3S. The molecule has 1 unspecified atom stereocenters. The predicted octanol–water partition coefficient (Wildman–Crippen LogP) is 2.22. The van der Waals surface area contributed by atoms with E-state index in [1.165, 1.54) is 7.11 Å². The smallest absolute Gasteiger partial charge is 0.244 e. The van der Waals surface area contributed by atoms with Gasteiger partial charge in [0.05, 0.1) is 7.11 Å². The van der Waals surface area contributed by atoms with Crippen molar-refractivity contribution in [3.8, 4) is 5.75 Å². The highest BCUT2D eigenvalue weighted by Gasteiger charge is 2.23. The van der Waals surface area contributed by atoms with Gasteiger partial charge in [0, 0.05) is 17.1 Å². The van der Waals surface area contributed by atoms with Gasteiger partial charge in [-0.1, -0.05) is 15.9 Å². The first kappa shape index (κ1) is 18.7. The van der Waals surface area contributed by atoms with Gasteiger partial charge in [-0.2, -0.15) is 0 Å². The fraction of sp³-hybridized carbons (Fsp3) is 0.538. The Balaban J connectivity index is 0.00000220. The molecule has 1 aromatic carbocycles. The summed E-state index contributed by atoms with van der Waals surface area (Å²) < 4.78 is 33.4. The van der Waals surface area contributed by atoms with Crippen LogP contribution < -0.4 is 14.8 Å². The Hall–Kier alpha value is -0.340. The van der Waals surface area contributed by atoms with Crippen molar-refractivity contribution in [2.45, 2.75) is 30.7 Å². The number of hydrogen-bond donors (Lipinski definition) is 2. The Labute approximate surface area is 140 Å². The average molecular weight is 400 g/mol. The molecule has 0 aliphatic carbocycles. The molecule has 2 rings (SSSR count). The molecule has 1 aliphatic heterocycles. The van der Waals surface area contributed by atoms with E-state index in [9.17, 15) is 8.42 Å². The minimum atomic E-state index is -3.57. The second-order valence-corrected chi connectivity index (χ2v) is 7.49. The summed E-state index contributed by atoms with van der Waals surface area (Å²) in [5.41, 5.74) is 0.929. The van der Waals surface area contributed by atoms with Crippen LogP contribution in [0.25, 0.3) is 0 Å². The summed E-state index contributed by atoms with van der Waals surface area (Å²) in [5, 5.41) is 3.26. The Morgan fingerprint density at radius 2 is 2.19 bits per heavy atom. The maximum absolute atomic E-state index is 12.4. The van der Waals surface area contributed by atoms with Crippen molar-refractivity contribution in [1.29, 1.82) is 0 Å². The van der Waals surface area contributed by atoms with E-state index >= 15 is 0 Å². The first-order chi connectivity index (χ1) is 9.44. The number of sulfonamides is 1. The quantitative estimate of drug-likeness (QED) is 0.797. The summed E-state index contributed by atoms with van der Waals surface area (Å²) in [7, 11) is -2.10. The van der Waals surface area contributed by atoms with Crippen LogP contribution in [-0.2, 0) is 10.0 Å². The lowest BCUT2D eigenvalue weighted by molar-refractivity contribution is 0.401. The fourth-order valence-electron chi connectivity index (χ4n) is 2.23. The molecule has 1 aliphatic rings. The SMILES string of the molecule is COc1cc(C)c(Br)cc1S(=O)(=O)NCC1CCCN1.Cl. The molecule has 8 heteroatoms. The fourth-order valence-corrected chi connectivity index (χ4v) is 3.98. The zero-order valence-electron chi connectivity index (χ0n) is 12.0. The van der Waals surface area contributed by atoms with Gasteiger partial charge in [-0.15, -0.1) is 12.4 Å². The Morgan fingerprint density at radius 3 is 2.76 bits per heavy atom. The van der Waals surface area contributed by atoms with Crippen LogP contribution in [0.4, 0.5) is 0 Å². The van der Waals surface area contributed by atoms with Crippen molar-refractivity contribution in [1.82, 2.24) is 10.0 Å². The first-order valence-corrected chi connectivity index (χ1v) is 8.79. The molecule has 1 aromatic rings. The summed E-state index contributed by atoms with van der Waals surface area (Å²) in [6.07, 6.45) is 2.09. The lowest BCUT2D eigenvalue weighted by Crippen LogP contribution is -2.37. The molecule has 0 spiro atoms. The van der Waals surface area contributed by atoms with Crippen molar-refractivity contribution >= 4 is 38.4 Å². The zero-order valence-corrected chi connectivity index (χ0v) is 15.2. The van der Waals surface area contributed by atoms with Crippen LogP contribution in [-0.4, -0.2) is 34.7 Å². The van der Waals surface area contributed by atoms with E-state index in [1.807, 2.05) is 6.92 Å². The maximum Gasteiger partial charge on any atom is 0.244 e. The third-order valence-corrected chi connectivity index (χ3v) is 5.72. The molecule has 1 saturated heterocycles. The topological polar surface area (TPSA) is 67.4 Å². The van der Waals surface area contributed by atoms with E-state index in [2.05, 4.69) is 26.0 Å². The number of hydrogen-bond acceptors (Lipinski definition) is 4. The number of halogens is 2. The normalized spacial score (nSPS) is 18.3. The molecule has 5 nitrogen and oxygen atoms in total. The summed E-state index contributed by atoms with van der Waals surface area (Å²) >= 11 is 3.36. The minimum Gasteiger partial charge on any atom is -0.495 e. The molecule has 0 bridgehead atoms. The lowest BCUT2D eigenvalue weighted by Gasteiger charge is -2.15. The second kappa shape index (κ2) is 7.78. The van der Waals surface area contributed by atoms with Crippen molar-refractivity contribution in [2.75, 3.05) is 20.2 Å². The van der Waals surface area contributed by atoms with Gasteiger partial charge in [-0.05, 0) is 44.0 Å². The number of methoxy groups -OCH3 is 1. The van der Waals surface area contributed by atoms with Crippen LogP contribution >= 0.6 is 28.3 Å². The maximum atomic E-state index is 12.4. The van der Waals surface area contributed by atoms with Crippen LogP contribution in [0.2, 0.25) is 0 Å². The third kappa shape index (κ3) is 4.56. The molecule has 0 saturated carbocycles. The summed E-state index contributed by atoms with van der Waals surface area (Å²) in [4.78, 5) is 0.162. The van der Waals surface area contributed by atoms with Crippen LogP contribution in [0.3, 0.4) is 0 Å². The molecule has 1 fully saturated rings. The average Bonchev–Trinajstić information content (AvgIpc) is 2.92. The number of rotatable bonds is 5. The molecule has 21 heavy (non-hydrogen) atoms. The van der Waals surface area contributed by atoms with Crippen LogP contribution in [0.5, 0.6) is 5.75 Å². The first-order valence-electron chi connectivity index (χ1n) is 6.51. The summed E-state index contributed by atoms with van der Waals surface area (Å²) in [6, 6.07) is 3.51. The van der Waals surface area contributed by atoms with Gasteiger partial charge in [-0.3, -0.25) is 0 Å². The minimum absolute atomic E-state index is 0. The van der Waals surface area contributed by atoms with E-state index in [1.54, 1.807) is 12.1 Å². The van der Waals surface area contributed by atoms with Crippen LogP contribution in [0.1, 0.15) is 18.4 Å². The number of ether oxygens (including phenoxy) is 1. The number of benzene rings is 1. The highest BCUT2D eigenvalue weighted by atomic mass is 79.9. The Morgan fingerprint density at radius 1 is 1.48 bits per heavy atom. The van der Waals surface area contributed by atoms with Crippen molar-refractivity contribution in [3.63, 3.8) is 0 Å². The number of aryl methyl sites for hydroxylation is 1. The van der Waals surface area contributed by atoms with Crippen molar-refractivity contribution in [3.05, 3.63) is 22.2 Å². The number of nitrogens with one attached hydrogen (secondary N) is 2. The van der Waals surface area contributed by atoms with E-state index in [0.717, 1.165) is 29.4 Å². The molecule has 0 amide bonds. The summed E-state index contributed by atoms with van der Waals surface area (Å²) in [5.74, 6) is 0.359. The largest absolute Gasteiger partial charge is 0.495 e. The van der Waals surface area contributed by atoms with Gasteiger partial charge >= 0.3 is 0 Å². The highest BCUT2D eigenvalue weighted by molar-refractivity contribution is 9.10. The van der Waals surface area contributed by atoms with Crippen LogP contribution in [0.15, 0.2) is 21.5 Å². The lowest BCUT2D eigenvalue weighted by atomic mass is 10.2. The predicted molar refractivity (Wildman–Crippen MR) is 88.9 cm³/mol. The molecule has 0 aromatic heterocycles. The zero-order chi connectivity index (χ0) is 14.8. The Bertz CT molecular complexity index is 589. The van der Waals surface area contributed by atoms with Gasteiger partial charge in [-0.25, -0.2) is 13.1 Å². The highest BCUT2D eigenvalue weighted by Crippen LogP contribution is 2.30. The van der Waals surface area contributed by atoms with Crippen molar-refractivity contribution < 1.29 is 13.2 Å². The van der Waals surface area contributed by atoms with E-state index in [4.69, 9.17) is 4.74 Å². The monoisotopic (exact) mass is 398 g/mol. The molecule has 0 radical (unpaired) electrons. The van der Waals surface area contributed by atoms with E-state index in [0.29, 0.717) is 12.3 Å². The van der Waals surface area contributed by atoms with Crippen LogP contribution in [0, 0.1) is 6.92 Å². The molecular weight excluding hydrogens is 380 g/mol. The van der Waals surface area contributed by atoms with E-state index < -0.39 is 10.0 Å². The standard InChI is InChI=1S/C13H19BrN2O3S.ClH/c1-9-6-12(19-2)13(7-11(9)14)20(17,18)16-8-10-4-3-5-15-10;/h6-7,10,15-16H,3-5,8H2,1-2H3;1H. The molecule has 1 atom stereocenters. The van der Waals surface area contributed by atoms with Crippen molar-refractivity contribution in [2.24, 2.45) is 0 Å². The second-order valence-electron chi connectivity index (χ2n) is 4.90. The van der Waals surface area contributed by atoms with Gasteiger partial charge in [0.25, 0.3) is 0 Å². The molecule has 2 N–H and O–H groups in total. The van der Waals surface area contributed by atoms with Gasteiger partial charge in [0.2, 0.25) is 10.0 Å². The third-order valence-electron chi connectivity index (χ3n) is 3.42. The Kier molecular flexibility index (Phi) is 6.93. The molecule has 1 heterocycles. The summed E-state index contributed by atoms with van der Waals surface area (Å²) in [6.45, 7) is 3.24. The van der Waals surface area contributed by atoms with E-state index in [-0.39, 0.29) is 23.3 Å². The molecule has 120 valence electrons.